The van der Waals surface area contributed by atoms with Gasteiger partial charge in [-0.2, -0.15) is 0 Å². The SMILES string of the molecule is CC(C(=O)NC1CCCC1)N(Cc1ccc(Cl)cc1)C(=O)COc1ccc(Cl)cc1Br. The van der Waals surface area contributed by atoms with Crippen LogP contribution in [0.15, 0.2) is 46.9 Å². The highest BCUT2D eigenvalue weighted by molar-refractivity contribution is 9.10. The molecular formula is C23H25BrCl2N2O3. The van der Waals surface area contributed by atoms with Crippen molar-refractivity contribution >= 4 is 50.9 Å². The van der Waals surface area contributed by atoms with Gasteiger partial charge in [-0.15, -0.1) is 0 Å². The quantitative estimate of drug-likeness (QED) is 0.485. The molecule has 2 aromatic carbocycles. The topological polar surface area (TPSA) is 58.6 Å². The molecule has 166 valence electrons. The molecule has 0 heterocycles. The van der Waals surface area contributed by atoms with E-state index in [2.05, 4.69) is 21.2 Å². The zero-order valence-electron chi connectivity index (χ0n) is 17.2. The number of nitrogens with one attached hydrogen (secondary N) is 1. The minimum absolute atomic E-state index is 0.151. The van der Waals surface area contributed by atoms with E-state index in [1.165, 1.54) is 4.90 Å². The molecule has 0 aromatic heterocycles. The summed E-state index contributed by atoms with van der Waals surface area (Å²) in [4.78, 5) is 27.5. The number of rotatable bonds is 8. The number of benzene rings is 2. The van der Waals surface area contributed by atoms with Gasteiger partial charge in [0.25, 0.3) is 5.91 Å². The second kappa shape index (κ2) is 11.2. The Morgan fingerprint density at radius 1 is 1.13 bits per heavy atom. The first-order valence-electron chi connectivity index (χ1n) is 10.3. The van der Waals surface area contributed by atoms with Gasteiger partial charge in [0.1, 0.15) is 11.8 Å². The number of nitrogens with zero attached hydrogens (tertiary/aromatic N) is 1. The molecule has 31 heavy (non-hydrogen) atoms. The third-order valence-electron chi connectivity index (χ3n) is 5.38. The average Bonchev–Trinajstić information content (AvgIpc) is 3.25. The molecular weight excluding hydrogens is 503 g/mol. The molecule has 1 aliphatic rings. The molecule has 1 atom stereocenters. The standard InChI is InChI=1S/C23H25BrCl2N2O3/c1-15(23(30)27-19-4-2-3-5-19)28(13-16-6-8-17(25)9-7-16)22(29)14-31-21-11-10-18(26)12-20(21)24/h6-12,15,19H,2-5,13-14H2,1H3,(H,27,30). The van der Waals surface area contributed by atoms with E-state index in [0.29, 0.717) is 20.3 Å². The average molecular weight is 528 g/mol. The maximum absolute atomic E-state index is 13.1. The van der Waals surface area contributed by atoms with Crippen LogP contribution in [0.25, 0.3) is 0 Å². The van der Waals surface area contributed by atoms with E-state index < -0.39 is 6.04 Å². The Morgan fingerprint density at radius 3 is 2.42 bits per heavy atom. The maximum Gasteiger partial charge on any atom is 0.261 e. The number of carbonyl (C=O) groups excluding carboxylic acids is 2. The summed E-state index contributed by atoms with van der Waals surface area (Å²) in [7, 11) is 0. The van der Waals surface area contributed by atoms with E-state index in [0.717, 1.165) is 31.2 Å². The molecule has 1 saturated carbocycles. The first kappa shape index (κ1) is 23.9. The summed E-state index contributed by atoms with van der Waals surface area (Å²) in [5.74, 6) is 0.0695. The molecule has 0 saturated heterocycles. The molecule has 3 rings (SSSR count). The minimum atomic E-state index is -0.638. The van der Waals surface area contributed by atoms with Gasteiger partial charge < -0.3 is 15.0 Å². The van der Waals surface area contributed by atoms with Gasteiger partial charge in [0.05, 0.1) is 4.47 Å². The molecule has 1 aliphatic carbocycles. The zero-order chi connectivity index (χ0) is 22.4. The molecule has 0 aliphatic heterocycles. The van der Waals surface area contributed by atoms with Crippen LogP contribution in [0.3, 0.4) is 0 Å². The third kappa shape index (κ3) is 6.86. The molecule has 0 radical (unpaired) electrons. The van der Waals surface area contributed by atoms with Gasteiger partial charge >= 0.3 is 0 Å². The molecule has 1 unspecified atom stereocenters. The Bertz CT molecular complexity index is 918. The van der Waals surface area contributed by atoms with E-state index in [1.807, 2.05) is 12.1 Å². The number of ether oxygens (including phenoxy) is 1. The summed E-state index contributed by atoms with van der Waals surface area (Å²) in [6.45, 7) is 1.82. The monoisotopic (exact) mass is 526 g/mol. The fourth-order valence-electron chi connectivity index (χ4n) is 3.58. The summed E-state index contributed by atoms with van der Waals surface area (Å²) in [5, 5.41) is 4.26. The van der Waals surface area contributed by atoms with Crippen LogP contribution in [-0.2, 0) is 16.1 Å². The highest BCUT2D eigenvalue weighted by Crippen LogP contribution is 2.28. The first-order chi connectivity index (χ1) is 14.8. The predicted octanol–water partition coefficient (Wildman–Crippen LogP) is 5.61. The van der Waals surface area contributed by atoms with Gasteiger partial charge in [0, 0.05) is 22.6 Å². The molecule has 0 bridgehead atoms. The van der Waals surface area contributed by atoms with Crippen molar-refractivity contribution in [1.82, 2.24) is 10.2 Å². The lowest BCUT2D eigenvalue weighted by Crippen LogP contribution is -2.50. The minimum Gasteiger partial charge on any atom is -0.483 e. The number of carbonyl (C=O) groups is 2. The lowest BCUT2D eigenvalue weighted by molar-refractivity contribution is -0.142. The number of halogens is 3. The smallest absolute Gasteiger partial charge is 0.261 e. The second-order valence-corrected chi connectivity index (χ2v) is 9.40. The summed E-state index contributed by atoms with van der Waals surface area (Å²) < 4.78 is 6.36. The lowest BCUT2D eigenvalue weighted by atomic mass is 10.1. The highest BCUT2D eigenvalue weighted by atomic mass is 79.9. The largest absolute Gasteiger partial charge is 0.483 e. The molecule has 5 nitrogen and oxygen atoms in total. The number of hydrogen-bond donors (Lipinski definition) is 1. The van der Waals surface area contributed by atoms with Crippen LogP contribution in [0.1, 0.15) is 38.2 Å². The Hall–Kier alpha value is -1.76. The Kier molecular flexibility index (Phi) is 8.64. The van der Waals surface area contributed by atoms with Crippen molar-refractivity contribution in [2.75, 3.05) is 6.61 Å². The lowest BCUT2D eigenvalue weighted by Gasteiger charge is -2.29. The normalized spacial score (nSPS) is 14.8. The van der Waals surface area contributed by atoms with Gasteiger partial charge in [0.15, 0.2) is 6.61 Å². The molecule has 8 heteroatoms. The van der Waals surface area contributed by atoms with Gasteiger partial charge in [-0.25, -0.2) is 0 Å². The maximum atomic E-state index is 13.1. The molecule has 0 spiro atoms. The van der Waals surface area contributed by atoms with Gasteiger partial charge in [0.2, 0.25) is 5.91 Å². The van der Waals surface area contributed by atoms with Gasteiger partial charge in [-0.3, -0.25) is 9.59 Å². The summed E-state index contributed by atoms with van der Waals surface area (Å²) in [6, 6.07) is 11.9. The number of amides is 2. The summed E-state index contributed by atoms with van der Waals surface area (Å²) in [6.07, 6.45) is 4.21. The van der Waals surface area contributed by atoms with Crippen molar-refractivity contribution in [3.63, 3.8) is 0 Å². The van der Waals surface area contributed by atoms with Crippen molar-refractivity contribution in [3.05, 3.63) is 62.5 Å². The Balaban J connectivity index is 1.72. The fraction of sp³-hybridized carbons (Fsp3) is 0.391. The predicted molar refractivity (Wildman–Crippen MR) is 127 cm³/mol. The van der Waals surface area contributed by atoms with E-state index in [4.69, 9.17) is 27.9 Å². The van der Waals surface area contributed by atoms with Crippen molar-refractivity contribution in [3.8, 4) is 5.75 Å². The van der Waals surface area contributed by atoms with E-state index in [9.17, 15) is 9.59 Å². The van der Waals surface area contributed by atoms with E-state index >= 15 is 0 Å². The van der Waals surface area contributed by atoms with Crippen LogP contribution in [0.5, 0.6) is 5.75 Å². The molecule has 2 amide bonds. The van der Waals surface area contributed by atoms with Crippen molar-refractivity contribution < 1.29 is 14.3 Å². The van der Waals surface area contributed by atoms with Gasteiger partial charge in [-0.1, -0.05) is 48.2 Å². The van der Waals surface area contributed by atoms with Gasteiger partial charge in [-0.05, 0) is 71.6 Å². The molecule has 1 N–H and O–H groups in total. The Morgan fingerprint density at radius 2 is 1.77 bits per heavy atom. The van der Waals surface area contributed by atoms with Crippen molar-refractivity contribution in [2.45, 2.75) is 51.2 Å². The van der Waals surface area contributed by atoms with Crippen LogP contribution >= 0.6 is 39.1 Å². The van der Waals surface area contributed by atoms with Crippen LogP contribution in [-0.4, -0.2) is 35.4 Å². The zero-order valence-corrected chi connectivity index (χ0v) is 20.3. The highest BCUT2D eigenvalue weighted by Gasteiger charge is 2.28. The number of hydrogen-bond acceptors (Lipinski definition) is 3. The molecule has 1 fully saturated rings. The van der Waals surface area contributed by atoms with Crippen LogP contribution < -0.4 is 10.1 Å². The fourth-order valence-corrected chi connectivity index (χ4v) is 4.50. The van der Waals surface area contributed by atoms with Crippen molar-refractivity contribution in [2.24, 2.45) is 0 Å². The Labute approximate surface area is 201 Å². The second-order valence-electron chi connectivity index (χ2n) is 7.68. The summed E-state index contributed by atoms with van der Waals surface area (Å²) in [5.41, 5.74) is 0.880. The van der Waals surface area contributed by atoms with Crippen molar-refractivity contribution in [1.29, 1.82) is 0 Å². The van der Waals surface area contributed by atoms with Crippen LogP contribution in [0, 0.1) is 0 Å². The summed E-state index contributed by atoms with van der Waals surface area (Å²) >= 11 is 15.3. The third-order valence-corrected chi connectivity index (χ3v) is 6.49. The van der Waals surface area contributed by atoms with Crippen LogP contribution in [0.2, 0.25) is 10.0 Å². The van der Waals surface area contributed by atoms with E-state index in [1.54, 1.807) is 37.3 Å². The van der Waals surface area contributed by atoms with E-state index in [-0.39, 0.29) is 31.0 Å². The first-order valence-corrected chi connectivity index (χ1v) is 11.8. The molecule has 2 aromatic rings. The van der Waals surface area contributed by atoms with Crippen LogP contribution in [0.4, 0.5) is 0 Å².